The van der Waals surface area contributed by atoms with Crippen LogP contribution >= 0.6 is 0 Å². The van der Waals surface area contributed by atoms with Crippen LogP contribution in [0.5, 0.6) is 0 Å². The largest absolute Gasteiger partial charge is 0.331 e. The van der Waals surface area contributed by atoms with Crippen LogP contribution in [-0.2, 0) is 16.1 Å². The first-order valence-corrected chi connectivity index (χ1v) is 10.8. The van der Waals surface area contributed by atoms with E-state index >= 15 is 0 Å². The van der Waals surface area contributed by atoms with E-state index < -0.39 is 6.04 Å². The molecule has 0 bridgehead atoms. The fraction of sp³-hybridized carbons (Fsp3) is 0.192. The van der Waals surface area contributed by atoms with E-state index in [1.165, 1.54) is 0 Å². The highest BCUT2D eigenvalue weighted by Crippen LogP contribution is 2.23. The number of nitrogens with zero attached hydrogens (tertiary/aromatic N) is 2. The third kappa shape index (κ3) is 3.54. The van der Waals surface area contributed by atoms with Crippen molar-refractivity contribution in [1.82, 2.24) is 9.47 Å². The van der Waals surface area contributed by atoms with Gasteiger partial charge in [-0.05, 0) is 49.2 Å². The number of hydrogen-bond donors (Lipinski definition) is 1. The molecular formula is C26H23N3O3. The Kier molecular flexibility index (Phi) is 5.19. The lowest BCUT2D eigenvalue weighted by atomic mass is 10.1. The molecule has 1 saturated heterocycles. The molecule has 32 heavy (non-hydrogen) atoms. The quantitative estimate of drug-likeness (QED) is 0.506. The molecule has 1 aromatic heterocycles. The highest BCUT2D eigenvalue weighted by Gasteiger charge is 2.34. The highest BCUT2D eigenvalue weighted by molar-refractivity contribution is 5.98. The molecule has 1 fully saturated rings. The summed E-state index contributed by atoms with van der Waals surface area (Å²) in [5.41, 5.74) is 2.11. The number of anilines is 1. The van der Waals surface area contributed by atoms with Gasteiger partial charge in [0, 0.05) is 23.0 Å². The van der Waals surface area contributed by atoms with Crippen LogP contribution in [0.2, 0.25) is 0 Å². The number of pyridine rings is 1. The zero-order chi connectivity index (χ0) is 22.1. The van der Waals surface area contributed by atoms with Crippen LogP contribution in [0.25, 0.3) is 21.8 Å². The maximum Gasteiger partial charge on any atom is 0.247 e. The van der Waals surface area contributed by atoms with Crippen molar-refractivity contribution in [3.63, 3.8) is 0 Å². The first kappa shape index (κ1) is 20.0. The molecule has 160 valence electrons. The van der Waals surface area contributed by atoms with E-state index in [9.17, 15) is 14.4 Å². The summed E-state index contributed by atoms with van der Waals surface area (Å²) in [6, 6.07) is 23.5. The van der Waals surface area contributed by atoms with Crippen LogP contribution in [-0.4, -0.2) is 33.9 Å². The van der Waals surface area contributed by atoms with Gasteiger partial charge in [0.1, 0.15) is 12.6 Å². The standard InChI is InChI=1S/C26H23N3O3/c30-24(28-16-8-15-23(28)26(32)27-18-9-2-1-3-10-18)17-29-21-13-6-4-11-19(21)25(31)20-12-5-7-14-22(20)29/h1-7,9-14,23H,8,15-17H2,(H,27,32). The van der Waals surface area contributed by atoms with Crippen molar-refractivity contribution in [3.8, 4) is 0 Å². The summed E-state index contributed by atoms with van der Waals surface area (Å²) in [6.45, 7) is 0.609. The van der Waals surface area contributed by atoms with Gasteiger partial charge in [-0.25, -0.2) is 0 Å². The zero-order valence-electron chi connectivity index (χ0n) is 17.5. The fourth-order valence-corrected chi connectivity index (χ4v) is 4.56. The summed E-state index contributed by atoms with van der Waals surface area (Å²) < 4.78 is 1.89. The van der Waals surface area contributed by atoms with E-state index in [1.54, 1.807) is 17.0 Å². The van der Waals surface area contributed by atoms with Gasteiger partial charge in [-0.15, -0.1) is 0 Å². The SMILES string of the molecule is O=C(Nc1ccccc1)C1CCCN1C(=O)Cn1c2ccccc2c(=O)c2ccccc21. The molecule has 0 saturated carbocycles. The topological polar surface area (TPSA) is 71.4 Å². The Hall–Kier alpha value is -3.93. The van der Waals surface area contributed by atoms with Crippen molar-refractivity contribution in [1.29, 1.82) is 0 Å². The maximum absolute atomic E-state index is 13.4. The summed E-state index contributed by atoms with van der Waals surface area (Å²) >= 11 is 0. The molecular weight excluding hydrogens is 402 g/mol. The zero-order valence-corrected chi connectivity index (χ0v) is 17.5. The average molecular weight is 425 g/mol. The predicted octanol–water partition coefficient (Wildman–Crippen LogP) is 3.78. The Bertz CT molecular complexity index is 1320. The number of carbonyl (C=O) groups is 2. The molecule has 1 aliphatic heterocycles. The van der Waals surface area contributed by atoms with Gasteiger partial charge in [0.25, 0.3) is 0 Å². The highest BCUT2D eigenvalue weighted by atomic mass is 16.2. The van der Waals surface area contributed by atoms with Gasteiger partial charge >= 0.3 is 0 Å². The summed E-state index contributed by atoms with van der Waals surface area (Å²) in [4.78, 5) is 40.9. The Morgan fingerprint density at radius 1 is 0.844 bits per heavy atom. The first-order chi connectivity index (χ1) is 15.6. The molecule has 5 rings (SSSR count). The molecule has 1 atom stereocenters. The van der Waals surface area contributed by atoms with Gasteiger partial charge in [-0.2, -0.15) is 0 Å². The number of para-hydroxylation sites is 3. The molecule has 1 N–H and O–H groups in total. The molecule has 2 amide bonds. The van der Waals surface area contributed by atoms with E-state index in [0.717, 1.165) is 6.42 Å². The average Bonchev–Trinajstić information content (AvgIpc) is 3.33. The lowest BCUT2D eigenvalue weighted by molar-refractivity contribution is -0.137. The number of benzene rings is 3. The Balaban J connectivity index is 1.47. The molecule has 0 radical (unpaired) electrons. The van der Waals surface area contributed by atoms with E-state index in [4.69, 9.17) is 0 Å². The van der Waals surface area contributed by atoms with Crippen LogP contribution in [0.3, 0.4) is 0 Å². The fourth-order valence-electron chi connectivity index (χ4n) is 4.56. The van der Waals surface area contributed by atoms with Crippen molar-refractivity contribution in [2.45, 2.75) is 25.4 Å². The second kappa shape index (κ2) is 8.30. The van der Waals surface area contributed by atoms with Crippen molar-refractivity contribution >= 4 is 39.3 Å². The Morgan fingerprint density at radius 3 is 2.09 bits per heavy atom. The third-order valence-corrected chi connectivity index (χ3v) is 6.09. The summed E-state index contributed by atoms with van der Waals surface area (Å²) in [5.74, 6) is -0.300. The van der Waals surface area contributed by atoms with Crippen molar-refractivity contribution in [2.24, 2.45) is 0 Å². The van der Waals surface area contributed by atoms with Crippen LogP contribution in [0.1, 0.15) is 12.8 Å². The number of likely N-dealkylation sites (tertiary alicyclic amines) is 1. The number of aromatic nitrogens is 1. The number of hydrogen-bond acceptors (Lipinski definition) is 3. The van der Waals surface area contributed by atoms with Gasteiger partial charge < -0.3 is 14.8 Å². The van der Waals surface area contributed by atoms with E-state index in [-0.39, 0.29) is 23.8 Å². The van der Waals surface area contributed by atoms with Gasteiger partial charge in [-0.1, -0.05) is 42.5 Å². The Labute approximate surface area is 185 Å². The maximum atomic E-state index is 13.4. The molecule has 4 aromatic rings. The van der Waals surface area contributed by atoms with Crippen LogP contribution < -0.4 is 10.7 Å². The van der Waals surface area contributed by atoms with Crippen molar-refractivity contribution in [3.05, 3.63) is 89.1 Å². The van der Waals surface area contributed by atoms with Crippen molar-refractivity contribution < 1.29 is 9.59 Å². The second-order valence-electron chi connectivity index (χ2n) is 8.05. The molecule has 6 heteroatoms. The van der Waals surface area contributed by atoms with Gasteiger partial charge in [0.15, 0.2) is 5.43 Å². The predicted molar refractivity (Wildman–Crippen MR) is 126 cm³/mol. The molecule has 3 aromatic carbocycles. The molecule has 0 spiro atoms. The van der Waals surface area contributed by atoms with Crippen LogP contribution in [0.15, 0.2) is 83.7 Å². The Morgan fingerprint density at radius 2 is 1.44 bits per heavy atom. The summed E-state index contributed by atoms with van der Waals surface area (Å²) in [6.07, 6.45) is 1.42. The first-order valence-electron chi connectivity index (χ1n) is 10.8. The van der Waals surface area contributed by atoms with Crippen molar-refractivity contribution in [2.75, 3.05) is 11.9 Å². The molecule has 0 aliphatic carbocycles. The summed E-state index contributed by atoms with van der Waals surface area (Å²) in [5, 5.41) is 4.08. The lowest BCUT2D eigenvalue weighted by Crippen LogP contribution is -2.44. The van der Waals surface area contributed by atoms with E-state index in [0.29, 0.717) is 40.5 Å². The normalized spacial score (nSPS) is 15.9. The van der Waals surface area contributed by atoms with Crippen LogP contribution in [0.4, 0.5) is 5.69 Å². The molecule has 6 nitrogen and oxygen atoms in total. The van der Waals surface area contributed by atoms with Gasteiger partial charge in [0.05, 0.1) is 11.0 Å². The minimum absolute atomic E-state index is 0.0406. The number of rotatable bonds is 4. The monoisotopic (exact) mass is 425 g/mol. The van der Waals surface area contributed by atoms with E-state index in [1.807, 2.05) is 71.3 Å². The minimum Gasteiger partial charge on any atom is -0.331 e. The number of fused-ring (bicyclic) bond motifs is 2. The lowest BCUT2D eigenvalue weighted by Gasteiger charge is -2.25. The smallest absolute Gasteiger partial charge is 0.247 e. The minimum atomic E-state index is -0.500. The summed E-state index contributed by atoms with van der Waals surface area (Å²) in [7, 11) is 0. The van der Waals surface area contributed by atoms with Gasteiger partial charge in [0.2, 0.25) is 11.8 Å². The van der Waals surface area contributed by atoms with Crippen LogP contribution in [0, 0.1) is 0 Å². The molecule has 2 heterocycles. The number of amides is 2. The van der Waals surface area contributed by atoms with E-state index in [2.05, 4.69) is 5.32 Å². The second-order valence-corrected chi connectivity index (χ2v) is 8.05. The number of carbonyl (C=O) groups excluding carboxylic acids is 2. The molecule has 1 unspecified atom stereocenters. The van der Waals surface area contributed by atoms with Gasteiger partial charge in [-0.3, -0.25) is 14.4 Å². The third-order valence-electron chi connectivity index (χ3n) is 6.09. The molecule has 1 aliphatic rings. The number of nitrogens with one attached hydrogen (secondary N) is 1.